The molecule has 4 rings (SSSR count). The van der Waals surface area contributed by atoms with E-state index in [-0.39, 0.29) is 6.03 Å². The molecule has 0 radical (unpaired) electrons. The van der Waals surface area contributed by atoms with Crippen molar-refractivity contribution in [2.75, 3.05) is 28.6 Å². The van der Waals surface area contributed by atoms with Gasteiger partial charge in [-0.2, -0.15) is 0 Å². The van der Waals surface area contributed by atoms with Crippen molar-refractivity contribution in [2.45, 2.75) is 44.9 Å². The van der Waals surface area contributed by atoms with Crippen molar-refractivity contribution in [3.63, 3.8) is 0 Å². The summed E-state index contributed by atoms with van der Waals surface area (Å²) >= 11 is 0. The molecule has 27 heavy (non-hydrogen) atoms. The summed E-state index contributed by atoms with van der Waals surface area (Å²) in [6.45, 7) is 3.76. The molecule has 0 saturated heterocycles. The summed E-state index contributed by atoms with van der Waals surface area (Å²) in [6.07, 6.45) is 8.80. The molecule has 2 N–H and O–H groups in total. The molecule has 1 aliphatic carbocycles. The van der Waals surface area contributed by atoms with E-state index in [0.717, 1.165) is 36.1 Å². The van der Waals surface area contributed by atoms with Crippen molar-refractivity contribution in [2.24, 2.45) is 5.92 Å². The van der Waals surface area contributed by atoms with Gasteiger partial charge in [-0.15, -0.1) is 0 Å². The fraction of sp³-hybridized carbons (Fsp3) is 0.500. The second kappa shape index (κ2) is 7.90. The molecule has 1 aliphatic heterocycles. The number of pyridine rings is 1. The SMILES string of the molecule is CC1CCCC(c2ccc3c(n2)N(C(=O)Nc2ccncn2)CCCN3)C1. The minimum atomic E-state index is -0.208. The second-order valence-electron chi connectivity index (χ2n) is 7.53. The smallest absolute Gasteiger partial charge is 0.328 e. The number of amides is 2. The molecule has 2 unspecified atom stereocenters. The Balaban J connectivity index is 1.61. The molecule has 2 aromatic heterocycles. The minimum absolute atomic E-state index is 0.208. The average Bonchev–Trinajstić information content (AvgIpc) is 2.90. The lowest BCUT2D eigenvalue weighted by Crippen LogP contribution is -2.36. The van der Waals surface area contributed by atoms with Crippen LogP contribution >= 0.6 is 0 Å². The summed E-state index contributed by atoms with van der Waals surface area (Å²) in [7, 11) is 0. The number of anilines is 3. The van der Waals surface area contributed by atoms with E-state index < -0.39 is 0 Å². The summed E-state index contributed by atoms with van der Waals surface area (Å²) in [4.78, 5) is 27.6. The predicted octanol–water partition coefficient (Wildman–Crippen LogP) is 4.02. The van der Waals surface area contributed by atoms with E-state index in [4.69, 9.17) is 4.98 Å². The fourth-order valence-corrected chi connectivity index (χ4v) is 4.04. The first-order valence-corrected chi connectivity index (χ1v) is 9.80. The number of aromatic nitrogens is 3. The zero-order valence-corrected chi connectivity index (χ0v) is 15.7. The Bertz CT molecular complexity index is 796. The molecule has 1 fully saturated rings. The van der Waals surface area contributed by atoms with Crippen LogP contribution in [0.4, 0.5) is 22.1 Å². The summed E-state index contributed by atoms with van der Waals surface area (Å²) < 4.78 is 0. The molecule has 142 valence electrons. The number of nitrogens with zero attached hydrogens (tertiary/aromatic N) is 4. The zero-order chi connectivity index (χ0) is 18.6. The lowest BCUT2D eigenvalue weighted by atomic mass is 9.80. The van der Waals surface area contributed by atoms with Gasteiger partial charge >= 0.3 is 6.03 Å². The number of hydrogen-bond acceptors (Lipinski definition) is 5. The van der Waals surface area contributed by atoms with E-state index in [0.29, 0.717) is 18.3 Å². The monoisotopic (exact) mass is 366 g/mol. The van der Waals surface area contributed by atoms with Gasteiger partial charge in [0.1, 0.15) is 12.1 Å². The maximum atomic E-state index is 12.9. The third-order valence-electron chi connectivity index (χ3n) is 5.44. The van der Waals surface area contributed by atoms with Gasteiger partial charge in [0.25, 0.3) is 0 Å². The van der Waals surface area contributed by atoms with Crippen LogP contribution in [0.1, 0.15) is 50.6 Å². The first-order chi connectivity index (χ1) is 13.2. The number of nitrogens with one attached hydrogen (secondary N) is 2. The molecule has 7 nitrogen and oxygen atoms in total. The molecule has 2 atom stereocenters. The van der Waals surface area contributed by atoms with Crippen molar-refractivity contribution in [3.8, 4) is 0 Å². The quantitative estimate of drug-likeness (QED) is 0.839. The molecular formula is C20H26N6O. The molecule has 0 spiro atoms. The Morgan fingerprint density at radius 3 is 3.00 bits per heavy atom. The Morgan fingerprint density at radius 1 is 1.26 bits per heavy atom. The third kappa shape index (κ3) is 4.02. The van der Waals surface area contributed by atoms with E-state index in [1.807, 2.05) is 0 Å². The standard InChI is InChI=1S/C20H26N6O/c1-14-4-2-5-15(12-14)16-6-7-17-19(24-16)26(11-3-9-22-17)20(27)25-18-8-10-21-13-23-18/h6-8,10,13-15,22H,2-5,9,11-12H2,1H3,(H,21,23,25,27). The van der Waals surface area contributed by atoms with Crippen LogP contribution in [0, 0.1) is 5.92 Å². The first-order valence-electron chi connectivity index (χ1n) is 9.80. The molecule has 7 heteroatoms. The van der Waals surface area contributed by atoms with E-state index in [1.165, 1.54) is 32.0 Å². The van der Waals surface area contributed by atoms with Gasteiger partial charge in [0.2, 0.25) is 0 Å². The molecule has 3 heterocycles. The van der Waals surface area contributed by atoms with Gasteiger partial charge in [-0.25, -0.2) is 19.7 Å². The van der Waals surface area contributed by atoms with E-state index in [2.05, 4.69) is 39.7 Å². The van der Waals surface area contributed by atoms with Crippen LogP contribution in [0.5, 0.6) is 0 Å². The third-order valence-corrected chi connectivity index (χ3v) is 5.44. The van der Waals surface area contributed by atoms with Crippen molar-refractivity contribution in [1.29, 1.82) is 0 Å². The molecule has 2 aromatic rings. The van der Waals surface area contributed by atoms with E-state index >= 15 is 0 Å². The molecule has 0 bridgehead atoms. The lowest BCUT2D eigenvalue weighted by Gasteiger charge is -2.28. The van der Waals surface area contributed by atoms with Crippen LogP contribution in [-0.4, -0.2) is 34.1 Å². The van der Waals surface area contributed by atoms with Gasteiger partial charge in [-0.1, -0.05) is 19.8 Å². The largest absolute Gasteiger partial charge is 0.382 e. The molecule has 2 aliphatic rings. The fourth-order valence-electron chi connectivity index (χ4n) is 4.04. The highest BCUT2D eigenvalue weighted by Crippen LogP contribution is 2.37. The second-order valence-corrected chi connectivity index (χ2v) is 7.53. The van der Waals surface area contributed by atoms with Crippen molar-refractivity contribution in [1.82, 2.24) is 15.0 Å². The molecule has 1 saturated carbocycles. The highest BCUT2D eigenvalue weighted by molar-refractivity contribution is 6.02. The first kappa shape index (κ1) is 17.7. The molecular weight excluding hydrogens is 340 g/mol. The van der Waals surface area contributed by atoms with Crippen LogP contribution in [-0.2, 0) is 0 Å². The van der Waals surface area contributed by atoms with E-state index in [1.54, 1.807) is 17.2 Å². The number of carbonyl (C=O) groups excluding carboxylic acids is 1. The van der Waals surface area contributed by atoms with Gasteiger partial charge < -0.3 is 5.32 Å². The van der Waals surface area contributed by atoms with Crippen LogP contribution in [0.2, 0.25) is 0 Å². The van der Waals surface area contributed by atoms with E-state index in [9.17, 15) is 4.79 Å². The number of hydrogen-bond donors (Lipinski definition) is 2. The van der Waals surface area contributed by atoms with Crippen molar-refractivity contribution >= 4 is 23.4 Å². The summed E-state index contributed by atoms with van der Waals surface area (Å²) in [6, 6.07) is 5.68. The van der Waals surface area contributed by atoms with Gasteiger partial charge in [0, 0.05) is 30.9 Å². The number of rotatable bonds is 2. The van der Waals surface area contributed by atoms with Crippen LogP contribution < -0.4 is 15.5 Å². The maximum Gasteiger partial charge on any atom is 0.328 e. The van der Waals surface area contributed by atoms with Gasteiger partial charge in [0.15, 0.2) is 5.82 Å². The number of urea groups is 1. The van der Waals surface area contributed by atoms with Crippen molar-refractivity contribution in [3.05, 3.63) is 36.4 Å². The van der Waals surface area contributed by atoms with Crippen LogP contribution in [0.3, 0.4) is 0 Å². The average molecular weight is 366 g/mol. The normalized spacial score (nSPS) is 22.3. The Kier molecular flexibility index (Phi) is 5.18. The highest BCUT2D eigenvalue weighted by Gasteiger charge is 2.26. The van der Waals surface area contributed by atoms with Crippen LogP contribution in [0.15, 0.2) is 30.7 Å². The summed E-state index contributed by atoms with van der Waals surface area (Å²) in [5.41, 5.74) is 2.02. The summed E-state index contributed by atoms with van der Waals surface area (Å²) in [5, 5.41) is 6.26. The van der Waals surface area contributed by atoms with Crippen molar-refractivity contribution < 1.29 is 4.79 Å². The predicted molar refractivity (Wildman–Crippen MR) is 106 cm³/mol. The van der Waals surface area contributed by atoms with Gasteiger partial charge in [-0.05, 0) is 43.4 Å². The Hall–Kier alpha value is -2.70. The van der Waals surface area contributed by atoms with Crippen LogP contribution in [0.25, 0.3) is 0 Å². The molecule has 2 amide bonds. The molecule has 0 aromatic carbocycles. The zero-order valence-electron chi connectivity index (χ0n) is 15.7. The van der Waals surface area contributed by atoms with Gasteiger partial charge in [0.05, 0.1) is 5.69 Å². The topological polar surface area (TPSA) is 83.0 Å². The minimum Gasteiger partial charge on any atom is -0.382 e. The highest BCUT2D eigenvalue weighted by atomic mass is 16.2. The Labute approximate surface area is 159 Å². The number of carbonyl (C=O) groups is 1. The van der Waals surface area contributed by atoms with Gasteiger partial charge in [-0.3, -0.25) is 10.2 Å². The number of fused-ring (bicyclic) bond motifs is 1. The lowest BCUT2D eigenvalue weighted by molar-refractivity contribution is 0.256. The maximum absolute atomic E-state index is 12.9. The summed E-state index contributed by atoms with van der Waals surface area (Å²) in [5.74, 6) is 2.43. The Morgan fingerprint density at radius 2 is 2.19 bits per heavy atom.